The Kier molecular flexibility index (Phi) is 5.95. The van der Waals surface area contributed by atoms with Crippen molar-refractivity contribution in [3.8, 4) is 0 Å². The zero-order valence-corrected chi connectivity index (χ0v) is 15.3. The van der Waals surface area contributed by atoms with Crippen molar-refractivity contribution in [1.82, 2.24) is 4.90 Å². The van der Waals surface area contributed by atoms with Gasteiger partial charge in [0.2, 0.25) is 0 Å². The SMILES string of the molecule is CC(C)(C)OC(=O)N1CCC(C)(OC2CCC(CN)CC2)CC1. The summed E-state index contributed by atoms with van der Waals surface area (Å²) in [6.45, 7) is 10.1. The van der Waals surface area contributed by atoms with Crippen molar-refractivity contribution in [2.45, 2.75) is 83.5 Å². The highest BCUT2D eigenvalue weighted by Crippen LogP contribution is 2.33. The third kappa shape index (κ3) is 5.64. The maximum absolute atomic E-state index is 12.1. The fraction of sp³-hybridized carbons (Fsp3) is 0.944. The van der Waals surface area contributed by atoms with Gasteiger partial charge in [0.1, 0.15) is 5.60 Å². The number of carbonyl (C=O) groups is 1. The smallest absolute Gasteiger partial charge is 0.410 e. The lowest BCUT2D eigenvalue weighted by Gasteiger charge is -2.42. The summed E-state index contributed by atoms with van der Waals surface area (Å²) in [6, 6.07) is 0. The first-order valence-electron chi connectivity index (χ1n) is 9.06. The number of likely N-dealkylation sites (tertiary alicyclic amines) is 1. The van der Waals surface area contributed by atoms with E-state index < -0.39 is 5.60 Å². The summed E-state index contributed by atoms with van der Waals surface area (Å²) in [5.41, 5.74) is 5.21. The Hall–Kier alpha value is -0.810. The first kappa shape index (κ1) is 18.5. The maximum atomic E-state index is 12.1. The van der Waals surface area contributed by atoms with Gasteiger partial charge in [0.05, 0.1) is 11.7 Å². The lowest BCUT2D eigenvalue weighted by atomic mass is 9.86. The molecule has 1 heterocycles. The first-order chi connectivity index (χ1) is 10.7. The molecule has 0 aromatic heterocycles. The highest BCUT2D eigenvalue weighted by atomic mass is 16.6. The number of carbonyl (C=O) groups excluding carboxylic acids is 1. The summed E-state index contributed by atoms with van der Waals surface area (Å²) in [6.07, 6.45) is 6.51. The summed E-state index contributed by atoms with van der Waals surface area (Å²) in [5.74, 6) is 0.677. The minimum absolute atomic E-state index is 0.112. The van der Waals surface area contributed by atoms with Crippen LogP contribution >= 0.6 is 0 Å². The molecular formula is C18H34N2O3. The number of nitrogens with two attached hydrogens (primary N) is 1. The topological polar surface area (TPSA) is 64.8 Å². The lowest BCUT2D eigenvalue weighted by molar-refractivity contribution is -0.123. The molecule has 5 nitrogen and oxygen atoms in total. The van der Waals surface area contributed by atoms with Gasteiger partial charge in [-0.25, -0.2) is 4.79 Å². The molecule has 0 bridgehead atoms. The van der Waals surface area contributed by atoms with Crippen molar-refractivity contribution in [1.29, 1.82) is 0 Å². The second-order valence-electron chi connectivity index (χ2n) is 8.41. The Morgan fingerprint density at radius 1 is 1.17 bits per heavy atom. The van der Waals surface area contributed by atoms with Crippen LogP contribution in [0.1, 0.15) is 66.2 Å². The molecule has 2 fully saturated rings. The summed E-state index contributed by atoms with van der Waals surface area (Å²) in [5, 5.41) is 0. The Morgan fingerprint density at radius 3 is 2.22 bits per heavy atom. The molecule has 0 radical (unpaired) electrons. The molecule has 2 N–H and O–H groups in total. The largest absolute Gasteiger partial charge is 0.444 e. The number of amides is 1. The standard InChI is InChI=1S/C18H34N2O3/c1-17(2,3)23-16(21)20-11-9-18(4,10-12-20)22-15-7-5-14(13-19)6-8-15/h14-15H,5-13,19H2,1-4H3. The van der Waals surface area contributed by atoms with E-state index in [0.717, 1.165) is 32.2 Å². The fourth-order valence-electron chi connectivity index (χ4n) is 3.49. The van der Waals surface area contributed by atoms with Gasteiger partial charge in [0, 0.05) is 13.1 Å². The molecule has 23 heavy (non-hydrogen) atoms. The molecule has 1 aliphatic heterocycles. The van der Waals surface area contributed by atoms with E-state index in [9.17, 15) is 4.79 Å². The minimum Gasteiger partial charge on any atom is -0.444 e. The molecule has 1 saturated heterocycles. The van der Waals surface area contributed by atoms with Crippen LogP contribution in [-0.2, 0) is 9.47 Å². The number of hydrogen-bond donors (Lipinski definition) is 1. The Morgan fingerprint density at radius 2 is 1.74 bits per heavy atom. The van der Waals surface area contributed by atoms with Crippen LogP contribution in [0.5, 0.6) is 0 Å². The van der Waals surface area contributed by atoms with Crippen molar-refractivity contribution in [2.24, 2.45) is 11.7 Å². The number of piperidine rings is 1. The minimum atomic E-state index is -0.435. The zero-order chi connectivity index (χ0) is 17.1. The number of nitrogens with zero attached hydrogens (tertiary/aromatic N) is 1. The number of hydrogen-bond acceptors (Lipinski definition) is 4. The van der Waals surface area contributed by atoms with Crippen LogP contribution in [0.15, 0.2) is 0 Å². The van der Waals surface area contributed by atoms with Gasteiger partial charge in [-0.1, -0.05) is 0 Å². The van der Waals surface area contributed by atoms with E-state index in [0.29, 0.717) is 25.1 Å². The molecule has 5 heteroatoms. The average Bonchev–Trinajstić information content (AvgIpc) is 2.46. The molecule has 0 spiro atoms. The van der Waals surface area contributed by atoms with Crippen LogP contribution < -0.4 is 5.73 Å². The third-order valence-corrected chi connectivity index (χ3v) is 5.05. The monoisotopic (exact) mass is 326 g/mol. The van der Waals surface area contributed by atoms with Crippen molar-refractivity contribution in [3.05, 3.63) is 0 Å². The van der Waals surface area contributed by atoms with Crippen LogP contribution in [0.25, 0.3) is 0 Å². The Bertz CT molecular complexity index is 390. The molecule has 2 aliphatic rings. The number of ether oxygens (including phenoxy) is 2. The Labute approximate surface area is 140 Å². The van der Waals surface area contributed by atoms with E-state index in [2.05, 4.69) is 6.92 Å². The van der Waals surface area contributed by atoms with E-state index >= 15 is 0 Å². The summed E-state index contributed by atoms with van der Waals surface area (Å²) in [4.78, 5) is 13.9. The summed E-state index contributed by atoms with van der Waals surface area (Å²) < 4.78 is 11.9. The van der Waals surface area contributed by atoms with Crippen molar-refractivity contribution >= 4 is 6.09 Å². The third-order valence-electron chi connectivity index (χ3n) is 5.05. The van der Waals surface area contributed by atoms with Crippen LogP contribution in [-0.4, -0.2) is 47.9 Å². The van der Waals surface area contributed by atoms with E-state index in [4.69, 9.17) is 15.2 Å². The first-order valence-corrected chi connectivity index (χ1v) is 9.06. The number of rotatable bonds is 3. The van der Waals surface area contributed by atoms with Crippen LogP contribution in [0, 0.1) is 5.92 Å². The second-order valence-corrected chi connectivity index (χ2v) is 8.41. The van der Waals surface area contributed by atoms with Gasteiger partial charge in [0.25, 0.3) is 0 Å². The van der Waals surface area contributed by atoms with Gasteiger partial charge >= 0.3 is 6.09 Å². The normalized spacial score (nSPS) is 28.5. The van der Waals surface area contributed by atoms with E-state index in [1.807, 2.05) is 25.7 Å². The van der Waals surface area contributed by atoms with Gasteiger partial charge in [-0.15, -0.1) is 0 Å². The van der Waals surface area contributed by atoms with E-state index in [1.165, 1.54) is 12.8 Å². The van der Waals surface area contributed by atoms with Crippen LogP contribution in [0.2, 0.25) is 0 Å². The van der Waals surface area contributed by atoms with Gasteiger partial charge in [0.15, 0.2) is 0 Å². The molecule has 1 amide bonds. The van der Waals surface area contributed by atoms with Gasteiger partial charge < -0.3 is 20.1 Å². The molecule has 2 rings (SSSR count). The summed E-state index contributed by atoms with van der Waals surface area (Å²) >= 11 is 0. The molecule has 0 aromatic rings. The quantitative estimate of drug-likeness (QED) is 0.864. The molecule has 134 valence electrons. The van der Waals surface area contributed by atoms with Gasteiger partial charge in [-0.05, 0) is 78.7 Å². The van der Waals surface area contributed by atoms with Gasteiger partial charge in [-0.2, -0.15) is 0 Å². The van der Waals surface area contributed by atoms with Gasteiger partial charge in [-0.3, -0.25) is 0 Å². The Balaban J connectivity index is 1.77. The predicted molar refractivity (Wildman–Crippen MR) is 91.3 cm³/mol. The molecule has 1 aliphatic carbocycles. The van der Waals surface area contributed by atoms with Crippen LogP contribution in [0.3, 0.4) is 0 Å². The molecular weight excluding hydrogens is 292 g/mol. The highest BCUT2D eigenvalue weighted by Gasteiger charge is 2.36. The molecule has 1 saturated carbocycles. The lowest BCUT2D eigenvalue weighted by Crippen LogP contribution is -2.49. The molecule has 0 atom stereocenters. The average molecular weight is 326 g/mol. The summed E-state index contributed by atoms with van der Waals surface area (Å²) in [7, 11) is 0. The maximum Gasteiger partial charge on any atom is 0.410 e. The highest BCUT2D eigenvalue weighted by molar-refractivity contribution is 5.68. The van der Waals surface area contributed by atoms with E-state index in [-0.39, 0.29) is 11.7 Å². The van der Waals surface area contributed by atoms with Crippen molar-refractivity contribution in [2.75, 3.05) is 19.6 Å². The fourth-order valence-corrected chi connectivity index (χ4v) is 3.49. The second kappa shape index (κ2) is 7.39. The van der Waals surface area contributed by atoms with Crippen LogP contribution in [0.4, 0.5) is 4.79 Å². The van der Waals surface area contributed by atoms with E-state index in [1.54, 1.807) is 0 Å². The van der Waals surface area contributed by atoms with Crippen molar-refractivity contribution < 1.29 is 14.3 Å². The predicted octanol–water partition coefficient (Wildman–Crippen LogP) is 3.31. The van der Waals surface area contributed by atoms with Crippen molar-refractivity contribution in [3.63, 3.8) is 0 Å². The molecule has 0 unspecified atom stereocenters. The molecule has 0 aromatic carbocycles. The zero-order valence-electron chi connectivity index (χ0n) is 15.3.